The van der Waals surface area contributed by atoms with Crippen LogP contribution in [0.4, 0.5) is 0 Å². The predicted octanol–water partition coefficient (Wildman–Crippen LogP) is 4.08. The van der Waals surface area contributed by atoms with Crippen molar-refractivity contribution in [2.45, 2.75) is 32.1 Å². The molecule has 0 heterocycles. The first-order valence-electron chi connectivity index (χ1n) is 8.16. The van der Waals surface area contributed by atoms with E-state index in [2.05, 4.69) is 35.0 Å². The third kappa shape index (κ3) is 1.91. The second-order valence-electron chi connectivity index (χ2n) is 6.78. The number of Topliss-reactive ketones (excluding diaryl/α,β-unsaturated/α-hetero) is 2. The molecular formula is C19H19BrO2. The van der Waals surface area contributed by atoms with Crippen molar-refractivity contribution in [1.82, 2.24) is 0 Å². The van der Waals surface area contributed by atoms with E-state index < -0.39 is 5.92 Å². The van der Waals surface area contributed by atoms with Crippen LogP contribution in [0.15, 0.2) is 34.8 Å². The van der Waals surface area contributed by atoms with Crippen LogP contribution in [0.5, 0.6) is 0 Å². The minimum Gasteiger partial charge on any atom is -0.298 e. The average Bonchev–Trinajstić information content (AvgIpc) is 2.82. The molecule has 4 aliphatic carbocycles. The zero-order valence-electron chi connectivity index (χ0n) is 12.6. The molecule has 2 fully saturated rings. The molecule has 1 aromatic rings. The minimum atomic E-state index is -0.537. The van der Waals surface area contributed by atoms with Gasteiger partial charge < -0.3 is 0 Å². The summed E-state index contributed by atoms with van der Waals surface area (Å²) in [6.07, 6.45) is 7.34. The molecule has 0 spiro atoms. The van der Waals surface area contributed by atoms with Crippen LogP contribution in [0.2, 0.25) is 0 Å². The van der Waals surface area contributed by atoms with E-state index in [9.17, 15) is 9.59 Å². The number of rotatable bonds is 2. The summed E-state index contributed by atoms with van der Waals surface area (Å²) in [6.45, 7) is 2.08. The van der Waals surface area contributed by atoms with Gasteiger partial charge in [-0.3, -0.25) is 9.59 Å². The Morgan fingerprint density at radius 3 is 2.14 bits per heavy atom. The summed E-state index contributed by atoms with van der Waals surface area (Å²) in [5.41, 5.74) is 2.05. The average molecular weight is 359 g/mol. The van der Waals surface area contributed by atoms with Gasteiger partial charge in [0.1, 0.15) is 5.92 Å². The van der Waals surface area contributed by atoms with Gasteiger partial charge in [-0.15, -0.1) is 0 Å². The zero-order valence-corrected chi connectivity index (χ0v) is 14.2. The maximum Gasteiger partial charge on any atom is 0.152 e. The Balaban J connectivity index is 1.80. The Kier molecular flexibility index (Phi) is 3.37. The number of fused-ring (bicyclic) bond motifs is 1. The monoisotopic (exact) mass is 358 g/mol. The van der Waals surface area contributed by atoms with E-state index in [-0.39, 0.29) is 35.2 Å². The predicted molar refractivity (Wildman–Crippen MR) is 88.6 cm³/mol. The van der Waals surface area contributed by atoms with Crippen molar-refractivity contribution in [2.75, 3.05) is 0 Å². The van der Waals surface area contributed by atoms with Gasteiger partial charge in [-0.25, -0.2) is 0 Å². The zero-order chi connectivity index (χ0) is 15.4. The fourth-order valence-corrected chi connectivity index (χ4v) is 5.14. The summed E-state index contributed by atoms with van der Waals surface area (Å²) >= 11 is 3.49. The molecule has 1 aromatic carbocycles. The molecule has 2 bridgehead atoms. The van der Waals surface area contributed by atoms with Crippen LogP contribution in [-0.4, -0.2) is 11.6 Å². The second kappa shape index (κ2) is 5.16. The number of ketones is 2. The van der Waals surface area contributed by atoms with Crippen LogP contribution in [0.3, 0.4) is 0 Å². The highest BCUT2D eigenvalue weighted by molar-refractivity contribution is 9.10. The summed E-state index contributed by atoms with van der Waals surface area (Å²) in [4.78, 5) is 26.1. The highest BCUT2D eigenvalue weighted by Crippen LogP contribution is 2.53. The number of allylic oxidation sites excluding steroid dienone is 2. The van der Waals surface area contributed by atoms with Crippen molar-refractivity contribution >= 4 is 27.5 Å². The molecule has 2 nitrogen and oxygen atoms in total. The molecule has 0 saturated heterocycles. The first kappa shape index (κ1) is 14.4. The van der Waals surface area contributed by atoms with E-state index >= 15 is 0 Å². The number of benzene rings is 1. The maximum atomic E-state index is 13.0. The van der Waals surface area contributed by atoms with Gasteiger partial charge in [0, 0.05) is 16.3 Å². The van der Waals surface area contributed by atoms with Gasteiger partial charge in [0.15, 0.2) is 11.6 Å². The normalized spacial score (nSPS) is 36.0. The molecule has 0 aliphatic heterocycles. The minimum absolute atomic E-state index is 0.0649. The van der Waals surface area contributed by atoms with Gasteiger partial charge in [-0.05, 0) is 54.4 Å². The molecule has 3 unspecified atom stereocenters. The SMILES string of the molecule is CCc1ccc(Br)cc1C1C(=O)C2C(C1=O)[C@H]1C=C[C@@H]2CC1. The summed E-state index contributed by atoms with van der Waals surface area (Å²) < 4.78 is 0.941. The maximum absolute atomic E-state index is 13.0. The molecule has 2 saturated carbocycles. The number of halogens is 1. The van der Waals surface area contributed by atoms with Crippen LogP contribution in [0.25, 0.3) is 0 Å². The Morgan fingerprint density at radius 2 is 1.64 bits per heavy atom. The van der Waals surface area contributed by atoms with Crippen molar-refractivity contribution in [3.63, 3.8) is 0 Å². The molecule has 0 N–H and O–H groups in total. The van der Waals surface area contributed by atoms with Crippen molar-refractivity contribution < 1.29 is 9.59 Å². The fraction of sp³-hybridized carbons (Fsp3) is 0.474. The first-order valence-corrected chi connectivity index (χ1v) is 8.95. The van der Waals surface area contributed by atoms with Crippen molar-refractivity contribution in [2.24, 2.45) is 23.7 Å². The molecule has 114 valence electrons. The molecule has 3 heteroatoms. The summed E-state index contributed by atoms with van der Waals surface area (Å²) in [7, 11) is 0. The standard InChI is InChI=1S/C19H19BrO2/c1-2-10-7-8-13(20)9-14(10)17-18(21)15-11-3-4-12(6-5-11)16(15)19(17)22/h3-4,7-9,11-12,15-17H,2,5-6H2,1H3/t11-,12+,15?,16?,17?. The van der Waals surface area contributed by atoms with Gasteiger partial charge in [0.05, 0.1) is 0 Å². The molecule has 5 atom stereocenters. The lowest BCUT2D eigenvalue weighted by atomic mass is 9.63. The fourth-order valence-electron chi connectivity index (χ4n) is 4.76. The van der Waals surface area contributed by atoms with Crippen LogP contribution in [0, 0.1) is 23.7 Å². The lowest BCUT2D eigenvalue weighted by Gasteiger charge is -2.39. The van der Waals surface area contributed by atoms with Crippen molar-refractivity contribution in [3.05, 3.63) is 46.0 Å². The van der Waals surface area contributed by atoms with E-state index in [1.165, 1.54) is 0 Å². The number of carbonyl (C=O) groups excluding carboxylic acids is 2. The molecular weight excluding hydrogens is 340 g/mol. The van der Waals surface area contributed by atoms with Gasteiger partial charge in [-0.2, -0.15) is 0 Å². The van der Waals surface area contributed by atoms with E-state index in [1.807, 2.05) is 18.2 Å². The first-order chi connectivity index (χ1) is 10.6. The number of hydrogen-bond donors (Lipinski definition) is 0. The number of carbonyl (C=O) groups is 2. The molecule has 0 amide bonds. The highest BCUT2D eigenvalue weighted by Gasteiger charge is 2.57. The van der Waals surface area contributed by atoms with Gasteiger partial charge in [-0.1, -0.05) is 41.1 Å². The molecule has 22 heavy (non-hydrogen) atoms. The van der Waals surface area contributed by atoms with Crippen LogP contribution < -0.4 is 0 Å². The van der Waals surface area contributed by atoms with Crippen LogP contribution in [0.1, 0.15) is 36.8 Å². The summed E-state index contributed by atoms with van der Waals surface area (Å²) in [6, 6.07) is 6.01. The number of aryl methyl sites for hydroxylation is 1. The van der Waals surface area contributed by atoms with Gasteiger partial charge >= 0.3 is 0 Å². The van der Waals surface area contributed by atoms with Gasteiger partial charge in [0.25, 0.3) is 0 Å². The topological polar surface area (TPSA) is 34.1 Å². The van der Waals surface area contributed by atoms with Crippen LogP contribution >= 0.6 is 15.9 Å². The Morgan fingerprint density at radius 1 is 1.05 bits per heavy atom. The van der Waals surface area contributed by atoms with Crippen molar-refractivity contribution in [3.8, 4) is 0 Å². The lowest BCUT2D eigenvalue weighted by Crippen LogP contribution is -2.38. The third-order valence-electron chi connectivity index (χ3n) is 5.77. The largest absolute Gasteiger partial charge is 0.298 e. The molecule has 5 rings (SSSR count). The third-order valence-corrected chi connectivity index (χ3v) is 6.27. The highest BCUT2D eigenvalue weighted by atomic mass is 79.9. The van der Waals surface area contributed by atoms with E-state index in [1.54, 1.807) is 0 Å². The smallest absolute Gasteiger partial charge is 0.152 e. The summed E-state index contributed by atoms with van der Waals surface area (Å²) in [5.74, 6) is 0.242. The lowest BCUT2D eigenvalue weighted by molar-refractivity contribution is -0.125. The quantitative estimate of drug-likeness (QED) is 0.589. The van der Waals surface area contributed by atoms with Crippen molar-refractivity contribution in [1.29, 1.82) is 0 Å². The van der Waals surface area contributed by atoms with Crippen LogP contribution in [-0.2, 0) is 16.0 Å². The molecule has 4 aliphatic rings. The van der Waals surface area contributed by atoms with Gasteiger partial charge in [0.2, 0.25) is 0 Å². The Labute approximate surface area is 139 Å². The second-order valence-corrected chi connectivity index (χ2v) is 7.69. The Bertz CT molecular complexity index is 659. The van der Waals surface area contributed by atoms with E-state index in [4.69, 9.17) is 0 Å². The summed E-state index contributed by atoms with van der Waals surface area (Å²) in [5, 5.41) is 0. The Hall–Kier alpha value is -1.22. The molecule has 0 radical (unpaired) electrons. The van der Waals surface area contributed by atoms with E-state index in [0.29, 0.717) is 0 Å². The number of hydrogen-bond acceptors (Lipinski definition) is 2. The molecule has 0 aromatic heterocycles. The van der Waals surface area contributed by atoms with E-state index in [0.717, 1.165) is 34.9 Å².